The van der Waals surface area contributed by atoms with Crippen molar-refractivity contribution in [2.24, 2.45) is 0 Å². The van der Waals surface area contributed by atoms with Gasteiger partial charge in [-0.05, 0) is 54.8 Å². The minimum atomic E-state index is 0.814. The molecule has 1 N–H and O–H groups in total. The molecule has 29 heavy (non-hydrogen) atoms. The standard InChI is InChI=1S/C25H24N4/c1-4-17-6-5-7-20-19(17)11-12-21-25(20)29-22(28-21)13-10-18-14-26-23-15(2)8-9-16(3)24(23)27-18/h5-9,11-12,14H,4,10,13H2,1-3H3,(H,28,29). The molecule has 0 atom stereocenters. The van der Waals surface area contributed by atoms with Crippen LogP contribution in [-0.2, 0) is 19.3 Å². The fraction of sp³-hybridized carbons (Fsp3) is 0.240. The Labute approximate surface area is 170 Å². The summed E-state index contributed by atoms with van der Waals surface area (Å²) in [7, 11) is 0. The molecule has 0 saturated carbocycles. The number of hydrogen-bond acceptors (Lipinski definition) is 3. The van der Waals surface area contributed by atoms with E-state index < -0.39 is 0 Å². The molecule has 0 bridgehead atoms. The molecule has 0 aliphatic rings. The Morgan fingerprint density at radius 1 is 0.793 bits per heavy atom. The van der Waals surface area contributed by atoms with Crippen LogP contribution < -0.4 is 0 Å². The smallest absolute Gasteiger partial charge is 0.107 e. The molecule has 144 valence electrons. The first-order chi connectivity index (χ1) is 14.1. The van der Waals surface area contributed by atoms with Gasteiger partial charge in [0.05, 0.1) is 27.8 Å². The zero-order valence-electron chi connectivity index (χ0n) is 17.1. The van der Waals surface area contributed by atoms with E-state index in [2.05, 4.69) is 73.2 Å². The van der Waals surface area contributed by atoms with Crippen LogP contribution in [0.5, 0.6) is 0 Å². The molecule has 0 aliphatic carbocycles. The van der Waals surface area contributed by atoms with Crippen LogP contribution >= 0.6 is 0 Å². The van der Waals surface area contributed by atoms with Gasteiger partial charge in [-0.2, -0.15) is 0 Å². The average molecular weight is 380 g/mol. The van der Waals surface area contributed by atoms with Gasteiger partial charge in [-0.25, -0.2) is 9.97 Å². The number of rotatable bonds is 4. The van der Waals surface area contributed by atoms with Crippen LogP contribution in [0.3, 0.4) is 0 Å². The number of aromatic nitrogens is 4. The van der Waals surface area contributed by atoms with Gasteiger partial charge in [-0.3, -0.25) is 4.98 Å². The van der Waals surface area contributed by atoms with E-state index >= 15 is 0 Å². The summed E-state index contributed by atoms with van der Waals surface area (Å²) in [6, 6.07) is 15.1. The summed E-state index contributed by atoms with van der Waals surface area (Å²) in [4.78, 5) is 18.0. The van der Waals surface area contributed by atoms with Gasteiger partial charge in [0.25, 0.3) is 0 Å². The topological polar surface area (TPSA) is 54.5 Å². The highest BCUT2D eigenvalue weighted by atomic mass is 14.9. The van der Waals surface area contributed by atoms with E-state index in [4.69, 9.17) is 9.97 Å². The Bertz CT molecular complexity index is 1360. The van der Waals surface area contributed by atoms with Gasteiger partial charge in [0, 0.05) is 18.0 Å². The Kier molecular flexibility index (Phi) is 4.27. The van der Waals surface area contributed by atoms with Crippen molar-refractivity contribution in [3.05, 3.63) is 76.9 Å². The molecule has 0 amide bonds. The molecule has 0 unspecified atom stereocenters. The fourth-order valence-electron chi connectivity index (χ4n) is 4.14. The van der Waals surface area contributed by atoms with E-state index in [1.54, 1.807) is 0 Å². The first kappa shape index (κ1) is 17.8. The molecule has 5 rings (SSSR count). The molecule has 2 heterocycles. The van der Waals surface area contributed by atoms with Gasteiger partial charge in [-0.1, -0.05) is 43.3 Å². The Morgan fingerprint density at radius 2 is 1.62 bits per heavy atom. The zero-order chi connectivity index (χ0) is 20.0. The van der Waals surface area contributed by atoms with Crippen molar-refractivity contribution in [2.45, 2.75) is 40.0 Å². The van der Waals surface area contributed by atoms with E-state index in [-0.39, 0.29) is 0 Å². The second-order valence-corrected chi connectivity index (χ2v) is 7.77. The predicted octanol–water partition coefficient (Wildman–Crippen LogP) is 5.62. The van der Waals surface area contributed by atoms with Gasteiger partial charge in [-0.15, -0.1) is 0 Å². The van der Waals surface area contributed by atoms with Crippen molar-refractivity contribution in [2.75, 3.05) is 0 Å². The van der Waals surface area contributed by atoms with Gasteiger partial charge in [0.2, 0.25) is 0 Å². The Balaban J connectivity index is 1.47. The van der Waals surface area contributed by atoms with E-state index in [9.17, 15) is 0 Å². The van der Waals surface area contributed by atoms with Crippen molar-refractivity contribution in [1.29, 1.82) is 0 Å². The van der Waals surface area contributed by atoms with E-state index in [1.165, 1.54) is 27.5 Å². The minimum Gasteiger partial charge on any atom is -0.342 e. The Morgan fingerprint density at radius 3 is 2.45 bits per heavy atom. The summed E-state index contributed by atoms with van der Waals surface area (Å²) in [5.74, 6) is 0.997. The summed E-state index contributed by atoms with van der Waals surface area (Å²) in [6.45, 7) is 6.37. The Hall–Kier alpha value is -3.27. The van der Waals surface area contributed by atoms with Crippen LogP contribution in [-0.4, -0.2) is 19.9 Å². The van der Waals surface area contributed by atoms with Crippen molar-refractivity contribution in [1.82, 2.24) is 19.9 Å². The van der Waals surface area contributed by atoms with Crippen LogP contribution in [0.1, 0.15) is 35.1 Å². The molecule has 2 aromatic heterocycles. The SMILES string of the molecule is CCc1cccc2c1ccc1[nH]c(CCc3cnc4c(C)ccc(C)c4n3)nc12. The summed E-state index contributed by atoms with van der Waals surface area (Å²) in [5.41, 5.74) is 8.86. The largest absolute Gasteiger partial charge is 0.342 e. The van der Waals surface area contributed by atoms with E-state index in [1.807, 2.05) is 6.20 Å². The highest BCUT2D eigenvalue weighted by Crippen LogP contribution is 2.27. The normalized spacial score (nSPS) is 11.7. The number of imidazole rings is 1. The van der Waals surface area contributed by atoms with Crippen molar-refractivity contribution in [3.8, 4) is 0 Å². The van der Waals surface area contributed by atoms with Crippen LogP contribution in [0.4, 0.5) is 0 Å². The zero-order valence-corrected chi connectivity index (χ0v) is 17.1. The summed E-state index contributed by atoms with van der Waals surface area (Å²) >= 11 is 0. The maximum absolute atomic E-state index is 4.92. The summed E-state index contributed by atoms with van der Waals surface area (Å²) in [5, 5.41) is 2.52. The maximum atomic E-state index is 4.92. The lowest BCUT2D eigenvalue weighted by Gasteiger charge is -2.06. The highest BCUT2D eigenvalue weighted by molar-refractivity contribution is 6.05. The molecule has 5 aromatic rings. The van der Waals surface area contributed by atoms with Gasteiger partial charge >= 0.3 is 0 Å². The lowest BCUT2D eigenvalue weighted by atomic mass is 10.0. The predicted molar refractivity (Wildman–Crippen MR) is 119 cm³/mol. The molecule has 0 radical (unpaired) electrons. The van der Waals surface area contributed by atoms with Crippen LogP contribution in [0.2, 0.25) is 0 Å². The molecule has 4 heteroatoms. The first-order valence-electron chi connectivity index (χ1n) is 10.2. The number of fused-ring (bicyclic) bond motifs is 4. The number of hydrogen-bond donors (Lipinski definition) is 1. The van der Waals surface area contributed by atoms with E-state index in [0.29, 0.717) is 0 Å². The van der Waals surface area contributed by atoms with Crippen molar-refractivity contribution >= 4 is 32.8 Å². The average Bonchev–Trinajstić information content (AvgIpc) is 3.18. The molecular formula is C25H24N4. The monoisotopic (exact) mass is 380 g/mol. The fourth-order valence-corrected chi connectivity index (χ4v) is 4.14. The lowest BCUT2D eigenvalue weighted by Crippen LogP contribution is -1.99. The number of H-pyrrole nitrogens is 1. The molecular weight excluding hydrogens is 356 g/mol. The summed E-state index contributed by atoms with van der Waals surface area (Å²) < 4.78 is 0. The molecule has 3 aromatic carbocycles. The van der Waals surface area contributed by atoms with Crippen molar-refractivity contribution < 1.29 is 0 Å². The van der Waals surface area contributed by atoms with Gasteiger partial charge in [0.1, 0.15) is 5.82 Å². The molecule has 0 aliphatic heterocycles. The maximum Gasteiger partial charge on any atom is 0.107 e. The van der Waals surface area contributed by atoms with Gasteiger partial charge in [0.15, 0.2) is 0 Å². The second-order valence-electron chi connectivity index (χ2n) is 7.77. The first-order valence-corrected chi connectivity index (χ1v) is 10.2. The molecule has 4 nitrogen and oxygen atoms in total. The lowest BCUT2D eigenvalue weighted by molar-refractivity contribution is 0.859. The quantitative estimate of drug-likeness (QED) is 0.440. The minimum absolute atomic E-state index is 0.814. The van der Waals surface area contributed by atoms with Crippen LogP contribution in [0, 0.1) is 13.8 Å². The third-order valence-electron chi connectivity index (χ3n) is 5.80. The third kappa shape index (κ3) is 3.05. The summed E-state index contributed by atoms with van der Waals surface area (Å²) in [6.07, 6.45) is 4.56. The molecule has 0 spiro atoms. The number of benzene rings is 3. The highest BCUT2D eigenvalue weighted by Gasteiger charge is 2.10. The third-order valence-corrected chi connectivity index (χ3v) is 5.80. The second kappa shape index (κ2) is 6.96. The molecule has 0 saturated heterocycles. The number of nitrogens with one attached hydrogen (secondary N) is 1. The van der Waals surface area contributed by atoms with Gasteiger partial charge < -0.3 is 4.98 Å². The van der Waals surface area contributed by atoms with Crippen LogP contribution in [0.25, 0.3) is 32.8 Å². The van der Waals surface area contributed by atoms with E-state index in [0.717, 1.165) is 52.8 Å². The number of nitrogens with zero attached hydrogens (tertiary/aromatic N) is 3. The van der Waals surface area contributed by atoms with Crippen LogP contribution in [0.15, 0.2) is 48.7 Å². The molecule has 0 fully saturated rings. The number of aromatic amines is 1. The van der Waals surface area contributed by atoms with Crippen molar-refractivity contribution in [3.63, 3.8) is 0 Å². The number of aryl methyl sites for hydroxylation is 5.